The van der Waals surface area contributed by atoms with Crippen LogP contribution in [-0.2, 0) is 9.53 Å². The molecule has 0 spiro atoms. The van der Waals surface area contributed by atoms with Gasteiger partial charge in [-0.15, -0.1) is 0 Å². The van der Waals surface area contributed by atoms with Crippen molar-refractivity contribution in [3.05, 3.63) is 23.9 Å². The lowest BCUT2D eigenvalue weighted by Crippen LogP contribution is -2.38. The summed E-state index contributed by atoms with van der Waals surface area (Å²) in [4.78, 5) is 30.8. The maximum Gasteiger partial charge on any atom is 0.356 e. The third-order valence-electron chi connectivity index (χ3n) is 6.53. The fraction of sp³-hybridized carbons (Fsp3) is 0.565. The summed E-state index contributed by atoms with van der Waals surface area (Å²) < 4.78 is 10.4. The maximum absolute atomic E-state index is 13.1. The predicted molar refractivity (Wildman–Crippen MR) is 116 cm³/mol. The summed E-state index contributed by atoms with van der Waals surface area (Å²) in [5, 5.41) is 3.64. The van der Waals surface area contributed by atoms with Crippen LogP contribution in [0.1, 0.15) is 50.5 Å². The maximum atomic E-state index is 13.1. The third kappa shape index (κ3) is 3.67. The van der Waals surface area contributed by atoms with Crippen LogP contribution in [0.4, 0.5) is 5.69 Å². The second-order valence-electron chi connectivity index (χ2n) is 9.92. The normalized spacial score (nSPS) is 25.3. The highest BCUT2D eigenvalue weighted by molar-refractivity contribution is 6.13. The number of H-pyrrole nitrogens is 1. The van der Waals surface area contributed by atoms with Gasteiger partial charge in [-0.2, -0.15) is 0 Å². The summed E-state index contributed by atoms with van der Waals surface area (Å²) in [6.45, 7) is 8.21. The molecule has 2 aliphatic rings. The van der Waals surface area contributed by atoms with Crippen LogP contribution in [0.2, 0.25) is 0 Å². The average molecular weight is 414 g/mol. The molecule has 1 aliphatic carbocycles. The number of fused-ring (bicyclic) bond motifs is 3. The summed E-state index contributed by atoms with van der Waals surface area (Å²) in [5.41, 5.74) is 1.89. The van der Waals surface area contributed by atoms with Crippen LogP contribution in [0.3, 0.4) is 0 Å². The van der Waals surface area contributed by atoms with Crippen LogP contribution in [-0.4, -0.2) is 55.1 Å². The number of anilines is 1. The molecule has 1 amide bonds. The molecular formula is C23H31N3O4. The van der Waals surface area contributed by atoms with Gasteiger partial charge in [-0.05, 0) is 42.2 Å². The molecule has 2 N–H and O–H groups in total. The zero-order valence-corrected chi connectivity index (χ0v) is 18.4. The number of likely N-dealkylation sites (tertiary alicyclic amines) is 1. The minimum Gasteiger partial charge on any atom is -0.496 e. The van der Waals surface area contributed by atoms with Gasteiger partial charge in [-0.3, -0.25) is 9.69 Å². The van der Waals surface area contributed by atoms with Gasteiger partial charge in [-0.25, -0.2) is 4.79 Å². The van der Waals surface area contributed by atoms with Crippen molar-refractivity contribution in [3.63, 3.8) is 0 Å². The Morgan fingerprint density at radius 1 is 1.23 bits per heavy atom. The molecule has 2 atom stereocenters. The van der Waals surface area contributed by atoms with Crippen molar-refractivity contribution in [1.29, 1.82) is 0 Å². The number of carbonyl (C=O) groups excluding carboxylic acids is 2. The van der Waals surface area contributed by atoms with E-state index in [-0.39, 0.29) is 17.0 Å². The Bertz CT molecular complexity index is 996. The van der Waals surface area contributed by atoms with Crippen LogP contribution in [0.25, 0.3) is 10.9 Å². The number of aromatic amines is 1. The molecule has 0 radical (unpaired) electrons. The number of esters is 1. The molecule has 7 heteroatoms. The number of nitrogens with one attached hydrogen (secondary N) is 2. The van der Waals surface area contributed by atoms with Gasteiger partial charge >= 0.3 is 5.97 Å². The van der Waals surface area contributed by atoms with Crippen molar-refractivity contribution in [2.24, 2.45) is 10.8 Å². The topological polar surface area (TPSA) is 83.7 Å². The van der Waals surface area contributed by atoms with Gasteiger partial charge < -0.3 is 19.8 Å². The number of carbonyl (C=O) groups is 2. The second-order valence-corrected chi connectivity index (χ2v) is 9.92. The summed E-state index contributed by atoms with van der Waals surface area (Å²) in [6.07, 6.45) is 3.42. The van der Waals surface area contributed by atoms with Crippen molar-refractivity contribution in [3.8, 4) is 5.75 Å². The van der Waals surface area contributed by atoms with Gasteiger partial charge in [0.05, 0.1) is 37.4 Å². The first-order valence-corrected chi connectivity index (χ1v) is 10.5. The van der Waals surface area contributed by atoms with E-state index in [1.807, 2.05) is 12.1 Å². The van der Waals surface area contributed by atoms with Gasteiger partial charge in [0.2, 0.25) is 5.91 Å². The number of benzene rings is 1. The monoisotopic (exact) mass is 413 g/mol. The van der Waals surface area contributed by atoms with E-state index in [1.165, 1.54) is 13.5 Å². The molecular weight excluding hydrogens is 382 g/mol. The Kier molecular flexibility index (Phi) is 5.04. The van der Waals surface area contributed by atoms with Gasteiger partial charge in [0.1, 0.15) is 11.4 Å². The van der Waals surface area contributed by atoms with Gasteiger partial charge in [0.25, 0.3) is 0 Å². The highest BCUT2D eigenvalue weighted by atomic mass is 16.5. The number of nitrogens with zero attached hydrogens (tertiary/aromatic N) is 1. The fourth-order valence-electron chi connectivity index (χ4n) is 5.89. The third-order valence-corrected chi connectivity index (χ3v) is 6.53. The molecule has 162 valence electrons. The van der Waals surface area contributed by atoms with Gasteiger partial charge in [0.15, 0.2) is 0 Å². The minimum absolute atomic E-state index is 0.138. The molecule has 2 aromatic rings. The quantitative estimate of drug-likeness (QED) is 0.729. The molecule has 2 heterocycles. The number of methoxy groups -OCH3 is 2. The molecule has 1 saturated heterocycles. The Hall–Kier alpha value is -2.54. The smallest absolute Gasteiger partial charge is 0.356 e. The Morgan fingerprint density at radius 2 is 2.00 bits per heavy atom. The van der Waals surface area contributed by atoms with Gasteiger partial charge in [0, 0.05) is 12.6 Å². The number of aromatic nitrogens is 1. The average Bonchev–Trinajstić information content (AvgIpc) is 3.14. The van der Waals surface area contributed by atoms with E-state index in [2.05, 4.69) is 36.0 Å². The Balaban J connectivity index is 1.60. The predicted octanol–water partition coefficient (Wildman–Crippen LogP) is 3.80. The van der Waals surface area contributed by atoms with Crippen molar-refractivity contribution in [1.82, 2.24) is 9.88 Å². The van der Waals surface area contributed by atoms with E-state index in [9.17, 15) is 9.59 Å². The van der Waals surface area contributed by atoms with E-state index in [1.54, 1.807) is 13.2 Å². The number of hydrogen-bond acceptors (Lipinski definition) is 5. The molecule has 1 aromatic heterocycles. The lowest BCUT2D eigenvalue weighted by atomic mass is 9.65. The van der Waals surface area contributed by atoms with Crippen LogP contribution in [0.15, 0.2) is 18.2 Å². The largest absolute Gasteiger partial charge is 0.496 e. The standard InChI is InChI=1S/C23H31N3O4/c1-22(2)9-14-10-23(3,12-22)13-26(14)11-17(27)25-19-18-15(7-6-8-16(18)29-4)24-20(19)21(28)30-5/h6-8,14,24H,9-13H2,1-5H3,(H,25,27)/t14-,23-/m1/s1. The first kappa shape index (κ1) is 20.7. The number of ether oxygens (including phenoxy) is 2. The summed E-state index contributed by atoms with van der Waals surface area (Å²) >= 11 is 0. The highest BCUT2D eigenvalue weighted by Gasteiger charge is 2.49. The molecule has 1 aliphatic heterocycles. The molecule has 30 heavy (non-hydrogen) atoms. The van der Waals surface area contributed by atoms with E-state index >= 15 is 0 Å². The van der Waals surface area contributed by atoms with Crippen molar-refractivity contribution in [2.75, 3.05) is 32.6 Å². The molecule has 0 unspecified atom stereocenters. The van der Waals surface area contributed by atoms with E-state index in [4.69, 9.17) is 9.47 Å². The summed E-state index contributed by atoms with van der Waals surface area (Å²) in [5.74, 6) is -0.0868. The zero-order chi connectivity index (χ0) is 21.7. The van der Waals surface area contributed by atoms with Crippen molar-refractivity contribution in [2.45, 2.75) is 46.1 Å². The highest BCUT2D eigenvalue weighted by Crippen LogP contribution is 2.52. The van der Waals surface area contributed by atoms with E-state index in [0.29, 0.717) is 40.3 Å². The Labute approximate surface area is 177 Å². The first-order valence-electron chi connectivity index (χ1n) is 10.5. The van der Waals surface area contributed by atoms with E-state index < -0.39 is 5.97 Å². The van der Waals surface area contributed by atoms with Crippen molar-refractivity contribution < 1.29 is 19.1 Å². The van der Waals surface area contributed by atoms with Crippen LogP contribution < -0.4 is 10.1 Å². The molecule has 1 saturated carbocycles. The SMILES string of the molecule is COC(=O)c1[nH]c2cccc(OC)c2c1NC(=O)CN1C[C@]2(C)C[C@H]1CC(C)(C)C2. The number of amides is 1. The Morgan fingerprint density at radius 3 is 2.70 bits per heavy atom. The van der Waals surface area contributed by atoms with Crippen LogP contribution in [0.5, 0.6) is 5.75 Å². The second kappa shape index (κ2) is 7.30. The summed E-state index contributed by atoms with van der Waals surface area (Å²) in [6, 6.07) is 5.89. The number of hydrogen-bond donors (Lipinski definition) is 2. The van der Waals surface area contributed by atoms with Crippen LogP contribution in [0, 0.1) is 10.8 Å². The first-order chi connectivity index (χ1) is 14.1. The summed E-state index contributed by atoms with van der Waals surface area (Å²) in [7, 11) is 2.89. The molecule has 1 aromatic carbocycles. The van der Waals surface area contributed by atoms with E-state index in [0.717, 1.165) is 19.4 Å². The lowest BCUT2D eigenvalue weighted by molar-refractivity contribution is -0.117. The molecule has 7 nitrogen and oxygen atoms in total. The minimum atomic E-state index is -0.533. The van der Waals surface area contributed by atoms with Crippen molar-refractivity contribution >= 4 is 28.5 Å². The zero-order valence-electron chi connectivity index (χ0n) is 18.4. The van der Waals surface area contributed by atoms with Gasteiger partial charge in [-0.1, -0.05) is 26.8 Å². The fourth-order valence-corrected chi connectivity index (χ4v) is 5.89. The van der Waals surface area contributed by atoms with Crippen LogP contribution >= 0.6 is 0 Å². The molecule has 2 bridgehead atoms. The molecule has 4 rings (SSSR count). The lowest BCUT2D eigenvalue weighted by Gasteiger charge is -2.39. The molecule has 2 fully saturated rings. The number of rotatable bonds is 5.